The molecule has 70 valence electrons. The number of aryl methyl sites for hydroxylation is 1. The topological polar surface area (TPSA) is 26.0 Å². The Morgan fingerprint density at radius 1 is 1.62 bits per heavy atom. The van der Waals surface area contributed by atoms with Crippen molar-refractivity contribution in [2.75, 3.05) is 0 Å². The second-order valence-electron chi connectivity index (χ2n) is 3.14. The summed E-state index contributed by atoms with van der Waals surface area (Å²) in [7, 11) is 0. The van der Waals surface area contributed by atoms with Gasteiger partial charge >= 0.3 is 0 Å². The molecule has 0 fully saturated rings. The van der Waals surface area contributed by atoms with Gasteiger partial charge in [0.05, 0.1) is 0 Å². The fourth-order valence-corrected chi connectivity index (χ4v) is 1.34. The Hall–Kier alpha value is -0.790. The van der Waals surface area contributed by atoms with Gasteiger partial charge in [0.25, 0.3) is 0 Å². The van der Waals surface area contributed by atoms with E-state index < -0.39 is 0 Å². The predicted octanol–water partition coefficient (Wildman–Crippen LogP) is 3.22. The van der Waals surface area contributed by atoms with Crippen molar-refractivity contribution in [3.05, 3.63) is 47.0 Å². The molecule has 0 saturated heterocycles. The van der Waals surface area contributed by atoms with Crippen LogP contribution >= 0.6 is 11.6 Å². The summed E-state index contributed by atoms with van der Waals surface area (Å²) in [5.41, 5.74) is 8.04. The second-order valence-corrected chi connectivity index (χ2v) is 3.55. The van der Waals surface area contributed by atoms with Crippen LogP contribution in [0.4, 0.5) is 0 Å². The van der Waals surface area contributed by atoms with E-state index in [0.29, 0.717) is 0 Å². The molecule has 0 radical (unpaired) electrons. The van der Waals surface area contributed by atoms with E-state index >= 15 is 0 Å². The Morgan fingerprint density at radius 3 is 2.85 bits per heavy atom. The van der Waals surface area contributed by atoms with Crippen molar-refractivity contribution in [3.8, 4) is 0 Å². The molecule has 2 heteroatoms. The molecule has 0 spiro atoms. The van der Waals surface area contributed by atoms with Gasteiger partial charge in [0.2, 0.25) is 0 Å². The van der Waals surface area contributed by atoms with Gasteiger partial charge in [-0.05, 0) is 30.5 Å². The van der Waals surface area contributed by atoms with Crippen molar-refractivity contribution in [2.45, 2.75) is 19.4 Å². The Balaban J connectivity index is 2.89. The van der Waals surface area contributed by atoms with Crippen LogP contribution < -0.4 is 5.73 Å². The summed E-state index contributed by atoms with van der Waals surface area (Å²) in [6, 6.07) is 5.93. The molecule has 0 bridgehead atoms. The zero-order chi connectivity index (χ0) is 9.84. The summed E-state index contributed by atoms with van der Waals surface area (Å²) in [6.45, 7) is 5.63. The van der Waals surface area contributed by atoms with Crippen LogP contribution in [0, 0.1) is 6.92 Å². The van der Waals surface area contributed by atoms with Crippen molar-refractivity contribution in [3.63, 3.8) is 0 Å². The quantitative estimate of drug-likeness (QED) is 0.737. The van der Waals surface area contributed by atoms with Gasteiger partial charge in [0, 0.05) is 11.1 Å². The van der Waals surface area contributed by atoms with Crippen molar-refractivity contribution in [2.24, 2.45) is 5.73 Å². The summed E-state index contributed by atoms with van der Waals surface area (Å²) in [4.78, 5) is 0. The Labute approximate surface area is 84.2 Å². The summed E-state index contributed by atoms with van der Waals surface area (Å²) >= 11 is 5.98. The van der Waals surface area contributed by atoms with E-state index in [2.05, 4.69) is 6.58 Å². The highest BCUT2D eigenvalue weighted by molar-refractivity contribution is 6.31. The molecule has 1 rings (SSSR count). The fourth-order valence-electron chi connectivity index (χ4n) is 1.16. The summed E-state index contributed by atoms with van der Waals surface area (Å²) in [5, 5.41) is 0.775. The van der Waals surface area contributed by atoms with Crippen LogP contribution in [0.15, 0.2) is 30.9 Å². The molecule has 13 heavy (non-hydrogen) atoms. The Kier molecular flexibility index (Phi) is 3.52. The van der Waals surface area contributed by atoms with Gasteiger partial charge in [-0.3, -0.25) is 0 Å². The molecule has 1 atom stereocenters. The molecular formula is C11H14ClN. The third-order valence-corrected chi connectivity index (χ3v) is 2.45. The molecule has 1 unspecified atom stereocenters. The monoisotopic (exact) mass is 195 g/mol. The minimum absolute atomic E-state index is 0.00981. The van der Waals surface area contributed by atoms with Crippen LogP contribution in [0.3, 0.4) is 0 Å². The molecule has 0 aliphatic carbocycles. The lowest BCUT2D eigenvalue weighted by Gasteiger charge is -2.10. The highest BCUT2D eigenvalue weighted by Gasteiger charge is 2.04. The molecule has 2 N–H and O–H groups in total. The first-order valence-corrected chi connectivity index (χ1v) is 4.65. The largest absolute Gasteiger partial charge is 0.324 e. The summed E-state index contributed by atoms with van der Waals surface area (Å²) in [5.74, 6) is 0. The van der Waals surface area contributed by atoms with E-state index in [0.717, 1.165) is 22.6 Å². The van der Waals surface area contributed by atoms with Crippen LogP contribution in [-0.4, -0.2) is 0 Å². The first-order chi connectivity index (χ1) is 6.15. The van der Waals surface area contributed by atoms with Crippen LogP contribution in [-0.2, 0) is 0 Å². The molecular weight excluding hydrogens is 182 g/mol. The van der Waals surface area contributed by atoms with E-state index in [9.17, 15) is 0 Å². The first-order valence-electron chi connectivity index (χ1n) is 4.27. The lowest BCUT2D eigenvalue weighted by Crippen LogP contribution is -2.08. The molecule has 1 nitrogen and oxygen atoms in total. The summed E-state index contributed by atoms with van der Waals surface area (Å²) in [6.07, 6.45) is 2.60. The van der Waals surface area contributed by atoms with Gasteiger partial charge in [0.1, 0.15) is 0 Å². The van der Waals surface area contributed by atoms with Crippen LogP contribution in [0.25, 0.3) is 0 Å². The standard InChI is InChI=1S/C11H14ClN/c1-3-4-11(13)9-6-5-8(2)10(12)7-9/h3,5-7,11H,1,4,13H2,2H3. The van der Waals surface area contributed by atoms with Gasteiger partial charge in [-0.1, -0.05) is 29.8 Å². The maximum absolute atomic E-state index is 5.98. The average Bonchev–Trinajstić information content (AvgIpc) is 2.10. The number of nitrogens with two attached hydrogens (primary N) is 1. The highest BCUT2D eigenvalue weighted by atomic mass is 35.5. The highest BCUT2D eigenvalue weighted by Crippen LogP contribution is 2.21. The average molecular weight is 196 g/mol. The molecule has 1 aromatic rings. The van der Waals surface area contributed by atoms with E-state index in [1.807, 2.05) is 31.2 Å². The molecule has 1 aromatic carbocycles. The van der Waals surface area contributed by atoms with Gasteiger partial charge in [-0.25, -0.2) is 0 Å². The van der Waals surface area contributed by atoms with Crippen LogP contribution in [0.1, 0.15) is 23.6 Å². The molecule has 0 aliphatic heterocycles. The molecule has 0 aromatic heterocycles. The van der Waals surface area contributed by atoms with Gasteiger partial charge in [-0.15, -0.1) is 6.58 Å². The Bertz CT molecular complexity index is 307. The SMILES string of the molecule is C=CCC(N)c1ccc(C)c(Cl)c1. The fraction of sp³-hybridized carbons (Fsp3) is 0.273. The molecule has 0 heterocycles. The van der Waals surface area contributed by atoms with Crippen molar-refractivity contribution in [1.29, 1.82) is 0 Å². The zero-order valence-corrected chi connectivity index (χ0v) is 8.51. The number of hydrogen-bond acceptors (Lipinski definition) is 1. The predicted molar refractivity (Wildman–Crippen MR) is 57.9 cm³/mol. The number of hydrogen-bond donors (Lipinski definition) is 1. The molecule has 0 saturated carbocycles. The third kappa shape index (κ3) is 2.58. The minimum atomic E-state index is 0.00981. The molecule has 0 aliphatic rings. The smallest absolute Gasteiger partial charge is 0.0438 e. The van der Waals surface area contributed by atoms with E-state index in [4.69, 9.17) is 17.3 Å². The van der Waals surface area contributed by atoms with E-state index in [1.165, 1.54) is 0 Å². The number of benzene rings is 1. The second kappa shape index (κ2) is 4.45. The van der Waals surface area contributed by atoms with E-state index in [-0.39, 0.29) is 6.04 Å². The third-order valence-electron chi connectivity index (χ3n) is 2.04. The summed E-state index contributed by atoms with van der Waals surface area (Å²) < 4.78 is 0. The molecule has 0 amide bonds. The normalized spacial score (nSPS) is 12.5. The minimum Gasteiger partial charge on any atom is -0.324 e. The van der Waals surface area contributed by atoms with Gasteiger partial charge in [0.15, 0.2) is 0 Å². The first kappa shape index (κ1) is 10.3. The van der Waals surface area contributed by atoms with Crippen molar-refractivity contribution in [1.82, 2.24) is 0 Å². The lowest BCUT2D eigenvalue weighted by molar-refractivity contribution is 0.741. The van der Waals surface area contributed by atoms with Gasteiger partial charge < -0.3 is 5.73 Å². The number of rotatable bonds is 3. The van der Waals surface area contributed by atoms with Gasteiger partial charge in [-0.2, -0.15) is 0 Å². The zero-order valence-electron chi connectivity index (χ0n) is 7.76. The van der Waals surface area contributed by atoms with Crippen LogP contribution in [0.2, 0.25) is 5.02 Å². The van der Waals surface area contributed by atoms with Crippen molar-refractivity contribution >= 4 is 11.6 Å². The lowest BCUT2D eigenvalue weighted by atomic mass is 10.0. The Morgan fingerprint density at radius 2 is 2.31 bits per heavy atom. The maximum atomic E-state index is 5.98. The van der Waals surface area contributed by atoms with Crippen LogP contribution in [0.5, 0.6) is 0 Å². The van der Waals surface area contributed by atoms with Crippen molar-refractivity contribution < 1.29 is 0 Å². The maximum Gasteiger partial charge on any atom is 0.0438 e. The number of halogens is 1. The van der Waals surface area contributed by atoms with E-state index in [1.54, 1.807) is 0 Å².